The number of H-pyrrole nitrogens is 1. The Balaban J connectivity index is 2.18. The molecule has 0 unspecified atom stereocenters. The van der Waals surface area contributed by atoms with Gasteiger partial charge in [-0.2, -0.15) is 5.26 Å². The van der Waals surface area contributed by atoms with Crippen LogP contribution in [-0.2, 0) is 0 Å². The third-order valence-electron chi connectivity index (χ3n) is 2.30. The molecule has 0 radical (unpaired) electrons. The van der Waals surface area contributed by atoms with Crippen molar-refractivity contribution in [1.29, 1.82) is 5.26 Å². The zero-order valence-electron chi connectivity index (χ0n) is 9.19. The van der Waals surface area contributed by atoms with Crippen LogP contribution in [0.2, 0.25) is 0 Å². The number of aromatic amines is 1. The van der Waals surface area contributed by atoms with Crippen molar-refractivity contribution in [2.75, 3.05) is 5.32 Å². The van der Waals surface area contributed by atoms with Gasteiger partial charge < -0.3 is 10.3 Å². The maximum Gasteiger partial charge on any atom is 0.256 e. The second kappa shape index (κ2) is 4.49. The Morgan fingerprint density at radius 3 is 2.76 bits per heavy atom. The van der Waals surface area contributed by atoms with Crippen LogP contribution in [-0.4, -0.2) is 15.9 Å². The average molecular weight is 226 g/mol. The van der Waals surface area contributed by atoms with Gasteiger partial charge in [-0.3, -0.25) is 4.79 Å². The summed E-state index contributed by atoms with van der Waals surface area (Å²) in [5, 5.41) is 11.3. The number of carbonyl (C=O) groups is 1. The average Bonchev–Trinajstić information content (AvgIpc) is 2.77. The summed E-state index contributed by atoms with van der Waals surface area (Å²) in [5.74, 6) is -0.0355. The molecule has 1 aromatic carbocycles. The number of nitrogens with zero attached hydrogens (tertiary/aromatic N) is 2. The summed E-state index contributed by atoms with van der Waals surface area (Å²) >= 11 is 0. The summed E-state index contributed by atoms with van der Waals surface area (Å²) < 4.78 is 0. The van der Waals surface area contributed by atoms with Gasteiger partial charge in [-0.1, -0.05) is 17.7 Å². The molecule has 0 bridgehead atoms. The third kappa shape index (κ3) is 2.32. The lowest BCUT2D eigenvalue weighted by atomic mass is 10.1. The molecule has 84 valence electrons. The minimum atomic E-state index is -0.284. The number of benzene rings is 1. The van der Waals surface area contributed by atoms with Gasteiger partial charge in [-0.05, 0) is 19.1 Å². The van der Waals surface area contributed by atoms with E-state index in [0.29, 0.717) is 5.56 Å². The maximum atomic E-state index is 11.8. The molecular weight excluding hydrogens is 216 g/mol. The Morgan fingerprint density at radius 2 is 2.12 bits per heavy atom. The highest BCUT2D eigenvalue weighted by Gasteiger charge is 2.10. The number of imidazole rings is 1. The zero-order chi connectivity index (χ0) is 12.3. The van der Waals surface area contributed by atoms with Gasteiger partial charge in [0, 0.05) is 5.56 Å². The largest absolute Gasteiger partial charge is 0.335 e. The number of carbonyl (C=O) groups excluding carboxylic acids is 1. The molecular formula is C12H10N4O. The van der Waals surface area contributed by atoms with Crippen LogP contribution in [0, 0.1) is 18.3 Å². The highest BCUT2D eigenvalue weighted by molar-refractivity contribution is 6.04. The molecule has 2 N–H and O–H groups in total. The molecule has 0 aliphatic rings. The highest BCUT2D eigenvalue weighted by Crippen LogP contribution is 2.10. The van der Waals surface area contributed by atoms with E-state index in [1.807, 2.05) is 25.1 Å². The number of anilines is 1. The van der Waals surface area contributed by atoms with Crippen molar-refractivity contribution in [3.05, 3.63) is 47.4 Å². The summed E-state index contributed by atoms with van der Waals surface area (Å²) in [6, 6.07) is 9.06. The van der Waals surface area contributed by atoms with Crippen LogP contribution < -0.4 is 5.32 Å². The minimum Gasteiger partial charge on any atom is -0.335 e. The molecule has 0 atom stereocenters. The Kier molecular flexibility index (Phi) is 2.88. The topological polar surface area (TPSA) is 81.6 Å². The normalized spacial score (nSPS) is 9.65. The third-order valence-corrected chi connectivity index (χ3v) is 2.30. The van der Waals surface area contributed by atoms with Gasteiger partial charge in [-0.15, -0.1) is 0 Å². The fourth-order valence-electron chi connectivity index (χ4n) is 1.36. The van der Waals surface area contributed by atoms with Crippen molar-refractivity contribution in [3.8, 4) is 6.07 Å². The van der Waals surface area contributed by atoms with Crippen molar-refractivity contribution < 1.29 is 4.79 Å². The quantitative estimate of drug-likeness (QED) is 0.819. The van der Waals surface area contributed by atoms with E-state index in [9.17, 15) is 4.79 Å². The van der Waals surface area contributed by atoms with Crippen LogP contribution in [0.15, 0.2) is 30.6 Å². The van der Waals surface area contributed by atoms with Crippen LogP contribution in [0.5, 0.6) is 0 Å². The van der Waals surface area contributed by atoms with E-state index in [2.05, 4.69) is 15.3 Å². The number of aromatic nitrogens is 2. The van der Waals surface area contributed by atoms with E-state index in [1.165, 1.54) is 6.33 Å². The molecule has 1 amide bonds. The number of rotatable bonds is 2. The van der Waals surface area contributed by atoms with E-state index in [4.69, 9.17) is 5.26 Å². The molecule has 5 nitrogen and oxygen atoms in total. The predicted molar refractivity (Wildman–Crippen MR) is 62.4 cm³/mol. The summed E-state index contributed by atoms with van der Waals surface area (Å²) in [4.78, 5) is 18.3. The first-order chi connectivity index (χ1) is 8.20. The summed E-state index contributed by atoms with van der Waals surface area (Å²) in [6.45, 7) is 1.95. The second-order valence-corrected chi connectivity index (χ2v) is 3.56. The van der Waals surface area contributed by atoms with Crippen molar-refractivity contribution in [2.45, 2.75) is 6.92 Å². The molecule has 1 aromatic heterocycles. The monoisotopic (exact) mass is 226 g/mol. The SMILES string of the molecule is Cc1ccc(C(=O)Nc2nc[nH]c2C#N)cc1. The number of amides is 1. The molecule has 0 aliphatic heterocycles. The van der Waals surface area contributed by atoms with Crippen LogP contribution in [0.4, 0.5) is 5.82 Å². The van der Waals surface area contributed by atoms with E-state index in [-0.39, 0.29) is 17.4 Å². The summed E-state index contributed by atoms with van der Waals surface area (Å²) in [6.07, 6.45) is 1.36. The van der Waals surface area contributed by atoms with Crippen molar-refractivity contribution in [2.24, 2.45) is 0 Å². The van der Waals surface area contributed by atoms with Crippen LogP contribution >= 0.6 is 0 Å². The molecule has 0 saturated heterocycles. The summed E-state index contributed by atoms with van der Waals surface area (Å²) in [7, 11) is 0. The van der Waals surface area contributed by atoms with Gasteiger partial charge in [0.2, 0.25) is 0 Å². The lowest BCUT2D eigenvalue weighted by Gasteiger charge is -2.02. The molecule has 0 aliphatic carbocycles. The smallest absolute Gasteiger partial charge is 0.256 e. The van der Waals surface area contributed by atoms with E-state index < -0.39 is 0 Å². The Labute approximate surface area is 98.1 Å². The van der Waals surface area contributed by atoms with Gasteiger partial charge >= 0.3 is 0 Å². The van der Waals surface area contributed by atoms with Crippen molar-refractivity contribution in [3.63, 3.8) is 0 Å². The molecule has 17 heavy (non-hydrogen) atoms. The molecule has 0 fully saturated rings. The number of aryl methyl sites for hydroxylation is 1. The van der Waals surface area contributed by atoms with Gasteiger partial charge in [0.05, 0.1) is 6.33 Å². The van der Waals surface area contributed by atoms with Gasteiger partial charge in [0.25, 0.3) is 5.91 Å². The van der Waals surface area contributed by atoms with Crippen molar-refractivity contribution >= 4 is 11.7 Å². The molecule has 1 heterocycles. The zero-order valence-corrected chi connectivity index (χ0v) is 9.19. The van der Waals surface area contributed by atoms with Crippen LogP contribution in [0.3, 0.4) is 0 Å². The minimum absolute atomic E-state index is 0.241. The summed E-state index contributed by atoms with van der Waals surface area (Å²) in [5.41, 5.74) is 1.85. The van der Waals surface area contributed by atoms with Gasteiger partial charge in [0.15, 0.2) is 11.5 Å². The molecule has 2 aromatic rings. The first kappa shape index (κ1) is 10.9. The van der Waals surface area contributed by atoms with Gasteiger partial charge in [0.1, 0.15) is 6.07 Å². The van der Waals surface area contributed by atoms with Crippen LogP contribution in [0.1, 0.15) is 21.6 Å². The van der Waals surface area contributed by atoms with E-state index in [1.54, 1.807) is 12.1 Å². The lowest BCUT2D eigenvalue weighted by Crippen LogP contribution is -2.12. The fourth-order valence-corrected chi connectivity index (χ4v) is 1.36. The van der Waals surface area contributed by atoms with Crippen molar-refractivity contribution in [1.82, 2.24) is 9.97 Å². The van der Waals surface area contributed by atoms with E-state index >= 15 is 0 Å². The fraction of sp³-hybridized carbons (Fsp3) is 0.0833. The lowest BCUT2D eigenvalue weighted by molar-refractivity contribution is 0.102. The second-order valence-electron chi connectivity index (χ2n) is 3.56. The highest BCUT2D eigenvalue weighted by atomic mass is 16.1. The molecule has 2 rings (SSSR count). The predicted octanol–water partition coefficient (Wildman–Crippen LogP) is 1.84. The molecule has 5 heteroatoms. The van der Waals surface area contributed by atoms with Crippen LogP contribution in [0.25, 0.3) is 0 Å². The molecule has 0 saturated carbocycles. The Hall–Kier alpha value is -2.61. The van der Waals surface area contributed by atoms with Gasteiger partial charge in [-0.25, -0.2) is 4.98 Å². The standard InChI is InChI=1S/C12H10N4O/c1-8-2-4-9(5-3-8)12(17)16-11-10(6-13)14-7-15-11/h2-5,7H,1H3,(H,14,15)(H,16,17). The molecule has 0 spiro atoms. The number of hydrogen-bond acceptors (Lipinski definition) is 3. The first-order valence-electron chi connectivity index (χ1n) is 5.02. The van der Waals surface area contributed by atoms with E-state index in [0.717, 1.165) is 5.56 Å². The Morgan fingerprint density at radius 1 is 1.41 bits per heavy atom. The number of nitrogens with one attached hydrogen (secondary N) is 2. The first-order valence-corrected chi connectivity index (χ1v) is 5.02. The number of nitriles is 1. The number of hydrogen-bond donors (Lipinski definition) is 2. The maximum absolute atomic E-state index is 11.8. The Bertz CT molecular complexity index is 577.